The molecule has 1 aliphatic heterocycles. The summed E-state index contributed by atoms with van der Waals surface area (Å²) in [6.07, 6.45) is 3.12. The maximum absolute atomic E-state index is 13.7. The van der Waals surface area contributed by atoms with Gasteiger partial charge in [0.1, 0.15) is 35.7 Å². The summed E-state index contributed by atoms with van der Waals surface area (Å²) in [7, 11) is 0. The predicted octanol–water partition coefficient (Wildman–Crippen LogP) is 4.05. The molecule has 12 heteroatoms. The number of nitrogens with zero attached hydrogens (tertiary/aromatic N) is 7. The third-order valence-electron chi connectivity index (χ3n) is 6.37. The Kier molecular flexibility index (Phi) is 6.46. The largest absolute Gasteiger partial charge is 0.491 e. The van der Waals surface area contributed by atoms with Crippen LogP contribution >= 0.6 is 0 Å². The second-order valence-electron chi connectivity index (χ2n) is 9.05. The summed E-state index contributed by atoms with van der Waals surface area (Å²) in [5.41, 5.74) is 3.22. The molecule has 0 aliphatic carbocycles. The van der Waals surface area contributed by atoms with Gasteiger partial charge in [-0.1, -0.05) is 0 Å². The van der Waals surface area contributed by atoms with Gasteiger partial charge in [-0.25, -0.2) is 18.2 Å². The first-order chi connectivity index (χ1) is 18.5. The molecule has 9 nitrogen and oxygen atoms in total. The highest BCUT2D eigenvalue weighted by molar-refractivity contribution is 5.87. The number of aromatic nitrogens is 6. The van der Waals surface area contributed by atoms with Crippen LogP contribution in [-0.4, -0.2) is 67.1 Å². The van der Waals surface area contributed by atoms with Crippen LogP contribution in [0.4, 0.5) is 18.9 Å². The smallest absolute Gasteiger partial charge is 0.178 e. The molecule has 0 radical (unpaired) electrons. The number of anilines is 1. The van der Waals surface area contributed by atoms with Gasteiger partial charge in [0, 0.05) is 43.5 Å². The number of nitrogens with one attached hydrogen (secondary N) is 1. The van der Waals surface area contributed by atoms with Gasteiger partial charge >= 0.3 is 0 Å². The number of alkyl halides is 1. The summed E-state index contributed by atoms with van der Waals surface area (Å²) < 4.78 is 48.1. The van der Waals surface area contributed by atoms with Gasteiger partial charge in [-0.15, -0.1) is 10.2 Å². The number of ether oxygens (including phenoxy) is 1. The number of fused-ring (bicyclic) bond motifs is 2. The Balaban J connectivity index is 1.17. The van der Waals surface area contributed by atoms with Crippen molar-refractivity contribution in [2.45, 2.75) is 19.1 Å². The monoisotopic (exact) mass is 520 g/mol. The van der Waals surface area contributed by atoms with Gasteiger partial charge in [0.25, 0.3) is 0 Å². The number of hydrogen-bond donors (Lipinski definition) is 1. The van der Waals surface area contributed by atoms with E-state index in [1.54, 1.807) is 30.6 Å². The topological polar surface area (TPSA) is 93.4 Å². The number of hydrogen-bond acceptors (Lipinski definition) is 8. The van der Waals surface area contributed by atoms with Gasteiger partial charge in [0.2, 0.25) is 0 Å². The summed E-state index contributed by atoms with van der Waals surface area (Å²) >= 11 is 0. The van der Waals surface area contributed by atoms with E-state index in [9.17, 15) is 13.2 Å². The van der Waals surface area contributed by atoms with Crippen molar-refractivity contribution < 1.29 is 17.9 Å². The third-order valence-corrected chi connectivity index (χ3v) is 6.37. The second kappa shape index (κ2) is 10.2. The molecule has 0 saturated carbocycles. The Morgan fingerprint density at radius 3 is 2.71 bits per heavy atom. The molecule has 1 saturated heterocycles. The zero-order valence-electron chi connectivity index (χ0n) is 20.2. The van der Waals surface area contributed by atoms with Crippen molar-refractivity contribution in [1.29, 1.82) is 0 Å². The van der Waals surface area contributed by atoms with Gasteiger partial charge in [-0.2, -0.15) is 9.61 Å². The van der Waals surface area contributed by atoms with Crippen molar-refractivity contribution in [1.82, 2.24) is 34.7 Å². The van der Waals surface area contributed by atoms with Crippen molar-refractivity contribution in [2.24, 2.45) is 0 Å². The van der Waals surface area contributed by atoms with E-state index < -0.39 is 17.8 Å². The Morgan fingerprint density at radius 2 is 1.89 bits per heavy atom. The van der Waals surface area contributed by atoms with Gasteiger partial charge in [0.15, 0.2) is 11.5 Å². The molecule has 5 aromatic rings. The van der Waals surface area contributed by atoms with Gasteiger partial charge < -0.3 is 10.1 Å². The zero-order chi connectivity index (χ0) is 26.1. The predicted molar refractivity (Wildman–Crippen MR) is 134 cm³/mol. The maximum Gasteiger partial charge on any atom is 0.178 e. The maximum atomic E-state index is 13.7. The molecule has 1 aromatic carbocycles. The minimum absolute atomic E-state index is 0.263. The number of likely N-dealkylation sites (tertiary alicyclic amines) is 1. The lowest BCUT2D eigenvalue weighted by Crippen LogP contribution is -2.26. The lowest BCUT2D eigenvalue weighted by Gasteiger charge is -2.15. The van der Waals surface area contributed by atoms with Crippen LogP contribution in [0.15, 0.2) is 54.9 Å². The van der Waals surface area contributed by atoms with E-state index in [0.717, 1.165) is 18.3 Å². The van der Waals surface area contributed by atoms with Crippen molar-refractivity contribution in [2.75, 3.05) is 31.6 Å². The summed E-state index contributed by atoms with van der Waals surface area (Å²) in [6.45, 7) is 2.56. The molecule has 1 atom stereocenters. The van der Waals surface area contributed by atoms with Crippen LogP contribution in [0.25, 0.3) is 27.9 Å². The Bertz CT molecular complexity index is 1590. The Labute approximate surface area is 215 Å². The van der Waals surface area contributed by atoms with E-state index >= 15 is 0 Å². The molecule has 6 rings (SSSR count). The lowest BCUT2D eigenvalue weighted by atomic mass is 10.1. The molecule has 38 heavy (non-hydrogen) atoms. The molecule has 1 N–H and O–H groups in total. The molecular weight excluding hydrogens is 497 g/mol. The van der Waals surface area contributed by atoms with Gasteiger partial charge in [-0.05, 0) is 36.8 Å². The molecule has 1 fully saturated rings. The zero-order valence-corrected chi connectivity index (χ0v) is 20.2. The summed E-state index contributed by atoms with van der Waals surface area (Å²) in [5.74, 6) is -0.271. The number of rotatable bonds is 8. The SMILES string of the molecule is Fc1cc(F)cc(-c2ccc3nnc(CNc4ccnc5cc(OCCN6CC[C@H](F)C6)cnc45)n3n2)c1. The Morgan fingerprint density at radius 1 is 1.03 bits per heavy atom. The van der Waals surface area contributed by atoms with Crippen molar-refractivity contribution in [3.63, 3.8) is 0 Å². The highest BCUT2D eigenvalue weighted by Crippen LogP contribution is 2.24. The molecule has 0 bridgehead atoms. The van der Waals surface area contributed by atoms with E-state index in [-0.39, 0.29) is 6.54 Å². The number of benzene rings is 1. The summed E-state index contributed by atoms with van der Waals surface area (Å²) in [4.78, 5) is 11.0. The molecular formula is C26H23F3N8O. The fourth-order valence-corrected chi connectivity index (χ4v) is 4.49. The fraction of sp³-hybridized carbons (Fsp3) is 0.269. The number of halogens is 3. The average Bonchev–Trinajstić information content (AvgIpc) is 3.51. The lowest BCUT2D eigenvalue weighted by molar-refractivity contribution is 0.224. The molecule has 0 amide bonds. The first-order valence-electron chi connectivity index (χ1n) is 12.2. The van der Waals surface area contributed by atoms with Crippen LogP contribution in [0.5, 0.6) is 5.75 Å². The summed E-state index contributed by atoms with van der Waals surface area (Å²) in [6, 6.07) is 10.2. The third kappa shape index (κ3) is 5.07. The van der Waals surface area contributed by atoms with Crippen LogP contribution in [0.3, 0.4) is 0 Å². The van der Waals surface area contributed by atoms with E-state index in [4.69, 9.17) is 4.74 Å². The average molecular weight is 521 g/mol. The van der Waals surface area contributed by atoms with Crippen LogP contribution in [0.2, 0.25) is 0 Å². The Hall–Kier alpha value is -4.32. The fourth-order valence-electron chi connectivity index (χ4n) is 4.49. The van der Waals surface area contributed by atoms with Gasteiger partial charge in [0.05, 0.1) is 29.6 Å². The minimum atomic E-state index is -0.751. The van der Waals surface area contributed by atoms with Crippen LogP contribution in [0, 0.1) is 11.6 Å². The molecule has 1 aliphatic rings. The molecule has 4 aromatic heterocycles. The normalized spacial score (nSPS) is 15.9. The van der Waals surface area contributed by atoms with Crippen LogP contribution in [-0.2, 0) is 6.54 Å². The highest BCUT2D eigenvalue weighted by atomic mass is 19.1. The van der Waals surface area contributed by atoms with Crippen LogP contribution < -0.4 is 10.1 Å². The standard InChI is InChI=1S/C26H23F3N8O/c27-17-4-6-36(15-17)7-8-38-20-12-23-26(32-13-20)22(3-5-30-23)31-14-25-34-33-24-2-1-21(35-37(24)25)16-9-18(28)11-19(29)10-16/h1-3,5,9-13,17H,4,6-8,14-15H2,(H,30,31)/t17-/m0/s1. The van der Waals surface area contributed by atoms with Crippen molar-refractivity contribution in [3.05, 3.63) is 72.3 Å². The van der Waals surface area contributed by atoms with E-state index in [1.165, 1.54) is 16.6 Å². The second-order valence-corrected chi connectivity index (χ2v) is 9.05. The van der Waals surface area contributed by atoms with Crippen LogP contribution in [0.1, 0.15) is 12.2 Å². The first kappa shape index (κ1) is 24.0. The van der Waals surface area contributed by atoms with Crippen molar-refractivity contribution >= 4 is 22.4 Å². The molecule has 194 valence electrons. The molecule has 0 unspecified atom stereocenters. The van der Waals surface area contributed by atoms with Crippen molar-refractivity contribution in [3.8, 4) is 17.0 Å². The molecule has 0 spiro atoms. The minimum Gasteiger partial charge on any atom is -0.491 e. The number of pyridine rings is 2. The first-order valence-corrected chi connectivity index (χ1v) is 12.2. The van der Waals surface area contributed by atoms with E-state index in [1.807, 2.05) is 11.0 Å². The highest BCUT2D eigenvalue weighted by Gasteiger charge is 2.21. The van der Waals surface area contributed by atoms with Gasteiger partial charge in [-0.3, -0.25) is 9.88 Å². The van der Waals surface area contributed by atoms with E-state index in [2.05, 4.69) is 30.6 Å². The quantitative estimate of drug-likeness (QED) is 0.328. The molecule has 5 heterocycles. The summed E-state index contributed by atoms with van der Waals surface area (Å²) in [5, 5.41) is 16.1. The van der Waals surface area contributed by atoms with E-state index in [0.29, 0.717) is 65.6 Å².